The summed E-state index contributed by atoms with van der Waals surface area (Å²) in [4.78, 5) is 15.9. The van der Waals surface area contributed by atoms with E-state index in [1.54, 1.807) is 13.3 Å². The van der Waals surface area contributed by atoms with Crippen LogP contribution >= 0.6 is 0 Å². The summed E-state index contributed by atoms with van der Waals surface area (Å²) in [5.41, 5.74) is 6.16. The molecule has 1 saturated carbocycles. The highest BCUT2D eigenvalue weighted by Gasteiger charge is 2.24. The average molecular weight is 237 g/mol. The Hall–Kier alpha value is -1.52. The lowest BCUT2D eigenvalue weighted by atomic mass is 9.95. The first kappa shape index (κ1) is 12.0. The summed E-state index contributed by atoms with van der Waals surface area (Å²) in [6.07, 6.45) is 7.51. The van der Waals surface area contributed by atoms with Crippen LogP contribution in [0.4, 0.5) is 5.82 Å². The third-order valence-corrected chi connectivity index (χ3v) is 3.26. The molecule has 0 spiro atoms. The van der Waals surface area contributed by atoms with Crippen molar-refractivity contribution in [2.75, 3.05) is 12.3 Å². The van der Waals surface area contributed by atoms with Gasteiger partial charge in [-0.3, -0.25) is 0 Å². The number of aromatic nitrogens is 2. The molecule has 1 heterocycles. The van der Waals surface area contributed by atoms with Gasteiger partial charge in [-0.25, -0.2) is 9.78 Å². The van der Waals surface area contributed by atoms with Crippen LogP contribution in [0.3, 0.4) is 0 Å². The molecule has 1 aromatic rings. The number of ether oxygens (including phenoxy) is 1. The molecule has 17 heavy (non-hydrogen) atoms. The third kappa shape index (κ3) is 2.43. The van der Waals surface area contributed by atoms with Gasteiger partial charge in [0.15, 0.2) is 11.5 Å². The Morgan fingerprint density at radius 3 is 2.88 bits per heavy atom. The van der Waals surface area contributed by atoms with Crippen LogP contribution in [0, 0.1) is 0 Å². The molecule has 2 N–H and O–H groups in total. The maximum absolute atomic E-state index is 11.8. The van der Waals surface area contributed by atoms with Crippen LogP contribution in [0.15, 0.2) is 6.33 Å². The number of hydrogen-bond donors (Lipinski definition) is 1. The Balaban J connectivity index is 2.24. The molecule has 0 aromatic carbocycles. The van der Waals surface area contributed by atoms with E-state index in [9.17, 15) is 4.79 Å². The van der Waals surface area contributed by atoms with Crippen molar-refractivity contribution >= 4 is 11.8 Å². The van der Waals surface area contributed by atoms with Crippen molar-refractivity contribution in [2.24, 2.45) is 0 Å². The highest BCUT2D eigenvalue weighted by molar-refractivity contribution is 5.92. The number of esters is 1. The van der Waals surface area contributed by atoms with Crippen LogP contribution in [0.1, 0.15) is 55.6 Å². The second-order valence-electron chi connectivity index (χ2n) is 4.40. The predicted octanol–water partition coefficient (Wildman–Crippen LogP) is 2.15. The molecular weight excluding hydrogens is 218 g/mol. The van der Waals surface area contributed by atoms with Gasteiger partial charge >= 0.3 is 5.97 Å². The van der Waals surface area contributed by atoms with Gasteiger partial charge in [-0.2, -0.15) is 0 Å². The van der Waals surface area contributed by atoms with Crippen molar-refractivity contribution in [3.05, 3.63) is 12.0 Å². The highest BCUT2D eigenvalue weighted by atomic mass is 16.5. The van der Waals surface area contributed by atoms with E-state index in [1.807, 2.05) is 4.57 Å². The zero-order valence-electron chi connectivity index (χ0n) is 10.2. The molecular formula is C12H19N3O2. The lowest BCUT2D eigenvalue weighted by molar-refractivity contribution is 0.0511. The summed E-state index contributed by atoms with van der Waals surface area (Å²) in [5, 5.41) is 0. The van der Waals surface area contributed by atoms with Crippen LogP contribution in [0.2, 0.25) is 0 Å². The van der Waals surface area contributed by atoms with Crippen LogP contribution < -0.4 is 5.73 Å². The zero-order valence-corrected chi connectivity index (χ0v) is 10.2. The minimum Gasteiger partial charge on any atom is -0.461 e. The van der Waals surface area contributed by atoms with Gasteiger partial charge in [0, 0.05) is 6.04 Å². The fourth-order valence-corrected chi connectivity index (χ4v) is 2.42. The van der Waals surface area contributed by atoms with Gasteiger partial charge in [-0.05, 0) is 19.8 Å². The number of rotatable bonds is 3. The van der Waals surface area contributed by atoms with Gasteiger partial charge in [-0.1, -0.05) is 19.3 Å². The van der Waals surface area contributed by atoms with Crippen molar-refractivity contribution in [1.29, 1.82) is 0 Å². The van der Waals surface area contributed by atoms with Gasteiger partial charge in [0.25, 0.3) is 0 Å². The van der Waals surface area contributed by atoms with Gasteiger partial charge in [0.2, 0.25) is 0 Å². The van der Waals surface area contributed by atoms with E-state index in [0.29, 0.717) is 18.3 Å². The van der Waals surface area contributed by atoms with Crippen molar-refractivity contribution in [2.45, 2.75) is 45.1 Å². The van der Waals surface area contributed by atoms with Gasteiger partial charge in [-0.15, -0.1) is 0 Å². The first-order valence-corrected chi connectivity index (χ1v) is 6.23. The Labute approximate surface area is 101 Å². The van der Waals surface area contributed by atoms with E-state index in [4.69, 9.17) is 10.5 Å². The number of carbonyl (C=O) groups is 1. The molecule has 1 aromatic heterocycles. The molecule has 5 heteroatoms. The van der Waals surface area contributed by atoms with Gasteiger partial charge < -0.3 is 15.0 Å². The number of imidazole rings is 1. The second-order valence-corrected chi connectivity index (χ2v) is 4.40. The van der Waals surface area contributed by atoms with Crippen molar-refractivity contribution < 1.29 is 9.53 Å². The quantitative estimate of drug-likeness (QED) is 0.818. The molecule has 0 unspecified atom stereocenters. The largest absolute Gasteiger partial charge is 0.461 e. The number of anilines is 1. The van der Waals surface area contributed by atoms with E-state index >= 15 is 0 Å². The smallest absolute Gasteiger partial charge is 0.358 e. The third-order valence-electron chi connectivity index (χ3n) is 3.26. The number of nitrogens with zero attached hydrogens (tertiary/aromatic N) is 2. The van der Waals surface area contributed by atoms with Crippen LogP contribution in [0.25, 0.3) is 0 Å². The molecule has 94 valence electrons. The molecule has 0 bridgehead atoms. The van der Waals surface area contributed by atoms with E-state index in [1.165, 1.54) is 19.3 Å². The first-order valence-electron chi connectivity index (χ1n) is 6.23. The molecule has 0 amide bonds. The van der Waals surface area contributed by atoms with Crippen LogP contribution in [-0.4, -0.2) is 22.1 Å². The monoisotopic (exact) mass is 237 g/mol. The Bertz CT molecular complexity index is 394. The fraction of sp³-hybridized carbons (Fsp3) is 0.667. The topological polar surface area (TPSA) is 70.1 Å². The van der Waals surface area contributed by atoms with Crippen LogP contribution in [0.5, 0.6) is 0 Å². The SMILES string of the molecule is CCOC(=O)c1c(N)ncn1C1CCCCC1. The summed E-state index contributed by atoms with van der Waals surface area (Å²) >= 11 is 0. The molecule has 0 saturated heterocycles. The number of hydrogen-bond acceptors (Lipinski definition) is 4. The van der Waals surface area contributed by atoms with E-state index in [-0.39, 0.29) is 11.8 Å². The van der Waals surface area contributed by atoms with Gasteiger partial charge in [0.1, 0.15) is 0 Å². The summed E-state index contributed by atoms with van der Waals surface area (Å²) in [5.74, 6) is -0.0953. The summed E-state index contributed by atoms with van der Waals surface area (Å²) in [6, 6.07) is 0.341. The lowest BCUT2D eigenvalue weighted by Gasteiger charge is -2.24. The summed E-state index contributed by atoms with van der Waals surface area (Å²) in [7, 11) is 0. The molecule has 1 aliphatic rings. The molecule has 0 radical (unpaired) electrons. The minimum absolute atomic E-state index is 0.272. The molecule has 1 fully saturated rings. The fourth-order valence-electron chi connectivity index (χ4n) is 2.42. The van der Waals surface area contributed by atoms with E-state index in [0.717, 1.165) is 12.8 Å². The minimum atomic E-state index is -0.368. The Kier molecular flexibility index (Phi) is 3.66. The van der Waals surface area contributed by atoms with E-state index < -0.39 is 0 Å². The van der Waals surface area contributed by atoms with Crippen molar-refractivity contribution in [3.63, 3.8) is 0 Å². The summed E-state index contributed by atoms with van der Waals surface area (Å²) < 4.78 is 6.91. The molecule has 2 rings (SSSR count). The van der Waals surface area contributed by atoms with Crippen molar-refractivity contribution in [3.8, 4) is 0 Å². The molecule has 1 aliphatic carbocycles. The average Bonchev–Trinajstić information content (AvgIpc) is 2.73. The standard InChI is InChI=1S/C12H19N3O2/c1-2-17-12(16)10-11(13)14-8-15(10)9-6-4-3-5-7-9/h8-9H,2-7,13H2,1H3. The molecule has 0 aliphatic heterocycles. The first-order chi connectivity index (χ1) is 8.24. The maximum atomic E-state index is 11.8. The van der Waals surface area contributed by atoms with Crippen LogP contribution in [-0.2, 0) is 4.74 Å². The second kappa shape index (κ2) is 5.21. The highest BCUT2D eigenvalue weighted by Crippen LogP contribution is 2.30. The summed E-state index contributed by atoms with van der Waals surface area (Å²) in [6.45, 7) is 2.14. The number of nitrogens with two attached hydrogens (primary N) is 1. The Morgan fingerprint density at radius 2 is 2.24 bits per heavy atom. The van der Waals surface area contributed by atoms with Crippen molar-refractivity contribution in [1.82, 2.24) is 9.55 Å². The molecule has 5 nitrogen and oxygen atoms in total. The maximum Gasteiger partial charge on any atom is 0.358 e. The molecule has 0 atom stereocenters. The van der Waals surface area contributed by atoms with Gasteiger partial charge in [0.05, 0.1) is 12.9 Å². The Morgan fingerprint density at radius 1 is 1.53 bits per heavy atom. The normalized spacial score (nSPS) is 17.0. The number of nitrogen functional groups attached to an aromatic ring is 1. The lowest BCUT2D eigenvalue weighted by Crippen LogP contribution is -2.19. The predicted molar refractivity (Wildman–Crippen MR) is 64.7 cm³/mol. The van der Waals surface area contributed by atoms with E-state index in [2.05, 4.69) is 4.98 Å². The zero-order chi connectivity index (χ0) is 12.3. The number of carbonyl (C=O) groups excluding carboxylic acids is 1.